The predicted octanol–water partition coefficient (Wildman–Crippen LogP) is 2.63. The fraction of sp³-hybridized carbons (Fsp3) is 0.562. The summed E-state index contributed by atoms with van der Waals surface area (Å²) in [5, 5.41) is 13.9. The minimum atomic E-state index is -4.48. The molecule has 27 heavy (non-hydrogen) atoms. The zero-order valence-corrected chi connectivity index (χ0v) is 18.1. The Kier molecular flexibility index (Phi) is 8.57. The van der Waals surface area contributed by atoms with E-state index in [1.807, 2.05) is 24.6 Å². The van der Waals surface area contributed by atoms with E-state index in [1.165, 1.54) is 13.2 Å². The van der Waals surface area contributed by atoms with Crippen LogP contribution in [0.3, 0.4) is 0 Å². The quantitative estimate of drug-likeness (QED) is 0.278. The third-order valence-corrected chi connectivity index (χ3v) is 3.79. The summed E-state index contributed by atoms with van der Waals surface area (Å²) in [4.78, 5) is 4.03. The zero-order valence-electron chi connectivity index (χ0n) is 15.8. The highest BCUT2D eigenvalue weighted by Crippen LogP contribution is 2.30. The molecule has 0 radical (unpaired) electrons. The molecule has 0 aliphatic carbocycles. The summed E-state index contributed by atoms with van der Waals surface area (Å²) < 4.78 is 41.9. The summed E-state index contributed by atoms with van der Waals surface area (Å²) in [6.07, 6.45) is -2.32. The average Bonchev–Trinajstić information content (AvgIpc) is 3.08. The Morgan fingerprint density at radius 3 is 2.48 bits per heavy atom. The summed E-state index contributed by atoms with van der Waals surface area (Å²) in [5.41, 5.74) is 1.27. The second-order valence-corrected chi connectivity index (χ2v) is 6.03. The first kappa shape index (κ1) is 23.2. The van der Waals surface area contributed by atoms with Crippen LogP contribution in [-0.4, -0.2) is 39.1 Å². The molecule has 0 atom stereocenters. The summed E-state index contributed by atoms with van der Waals surface area (Å²) in [6, 6.07) is 2.01. The van der Waals surface area contributed by atoms with Gasteiger partial charge in [-0.25, -0.2) is 0 Å². The minimum Gasteiger partial charge on any atom is -0.356 e. The van der Waals surface area contributed by atoms with Crippen LogP contribution in [0.4, 0.5) is 13.2 Å². The average molecular weight is 499 g/mol. The van der Waals surface area contributed by atoms with Crippen LogP contribution in [0.1, 0.15) is 29.1 Å². The highest BCUT2D eigenvalue weighted by molar-refractivity contribution is 14.0. The molecule has 2 heterocycles. The van der Waals surface area contributed by atoms with Gasteiger partial charge in [-0.15, -0.1) is 24.0 Å². The van der Waals surface area contributed by atoms with Gasteiger partial charge in [0.25, 0.3) is 0 Å². The van der Waals surface area contributed by atoms with Crippen molar-refractivity contribution in [3.8, 4) is 0 Å². The van der Waals surface area contributed by atoms with E-state index >= 15 is 0 Å². The first-order chi connectivity index (χ1) is 12.2. The van der Waals surface area contributed by atoms with Gasteiger partial charge in [-0.2, -0.15) is 23.4 Å². The predicted molar refractivity (Wildman–Crippen MR) is 108 cm³/mol. The number of halogens is 4. The van der Waals surface area contributed by atoms with E-state index in [-0.39, 0.29) is 36.1 Å². The molecule has 0 unspecified atom stereocenters. The maximum absolute atomic E-state index is 13.0. The number of rotatable bonds is 6. The van der Waals surface area contributed by atoms with Crippen LogP contribution in [0.2, 0.25) is 0 Å². The van der Waals surface area contributed by atoms with Gasteiger partial charge in [0, 0.05) is 51.2 Å². The summed E-state index contributed by atoms with van der Waals surface area (Å²) in [5.74, 6) is 0.440. The van der Waals surface area contributed by atoms with Crippen LogP contribution in [0.25, 0.3) is 0 Å². The first-order valence-corrected chi connectivity index (χ1v) is 8.26. The number of nitrogens with one attached hydrogen (secondary N) is 2. The van der Waals surface area contributed by atoms with E-state index in [0.717, 1.165) is 29.0 Å². The van der Waals surface area contributed by atoms with Gasteiger partial charge >= 0.3 is 6.18 Å². The molecule has 2 N–H and O–H groups in total. The van der Waals surface area contributed by atoms with E-state index in [0.29, 0.717) is 12.5 Å². The molecule has 7 nitrogen and oxygen atoms in total. The van der Waals surface area contributed by atoms with Gasteiger partial charge in [0.1, 0.15) is 0 Å². The second-order valence-electron chi connectivity index (χ2n) is 6.03. The minimum absolute atomic E-state index is 0. The number of aliphatic imine (C=N–C) groups is 1. The Labute approximate surface area is 173 Å². The van der Waals surface area contributed by atoms with E-state index in [4.69, 9.17) is 0 Å². The van der Waals surface area contributed by atoms with Crippen LogP contribution in [0.5, 0.6) is 0 Å². The summed E-state index contributed by atoms with van der Waals surface area (Å²) >= 11 is 0. The van der Waals surface area contributed by atoms with E-state index in [9.17, 15) is 13.2 Å². The summed E-state index contributed by atoms with van der Waals surface area (Å²) in [7, 11) is 3.04. The molecular formula is C16H25F3IN7. The number of nitrogens with zero attached hydrogens (tertiary/aromatic N) is 5. The third kappa shape index (κ3) is 6.70. The van der Waals surface area contributed by atoms with Gasteiger partial charge in [0.2, 0.25) is 0 Å². The zero-order chi connectivity index (χ0) is 19.3. The van der Waals surface area contributed by atoms with Crippen molar-refractivity contribution < 1.29 is 13.2 Å². The van der Waals surface area contributed by atoms with Crippen molar-refractivity contribution in [2.24, 2.45) is 12.0 Å². The van der Waals surface area contributed by atoms with Crippen LogP contribution in [0.15, 0.2) is 17.3 Å². The lowest BCUT2D eigenvalue weighted by Gasteiger charge is -2.12. The molecule has 0 amide bonds. The Balaban J connectivity index is 0.00000364. The van der Waals surface area contributed by atoms with Gasteiger partial charge in [0.15, 0.2) is 11.7 Å². The molecule has 152 valence electrons. The first-order valence-electron chi connectivity index (χ1n) is 8.26. The molecular weight excluding hydrogens is 474 g/mol. The van der Waals surface area contributed by atoms with Crippen LogP contribution >= 0.6 is 24.0 Å². The van der Waals surface area contributed by atoms with Crippen molar-refractivity contribution in [3.63, 3.8) is 0 Å². The van der Waals surface area contributed by atoms with Crippen molar-refractivity contribution in [3.05, 3.63) is 34.9 Å². The lowest BCUT2D eigenvalue weighted by molar-refractivity contribution is -0.142. The fourth-order valence-corrected chi connectivity index (χ4v) is 2.64. The number of guanidine groups is 1. The largest absolute Gasteiger partial charge is 0.435 e. The van der Waals surface area contributed by atoms with Gasteiger partial charge in [-0.1, -0.05) is 0 Å². The number of alkyl halides is 3. The number of aryl methyl sites for hydroxylation is 4. The van der Waals surface area contributed by atoms with Crippen LogP contribution in [0, 0.1) is 13.8 Å². The normalized spacial score (nSPS) is 12.0. The maximum Gasteiger partial charge on any atom is 0.435 e. The lowest BCUT2D eigenvalue weighted by Crippen LogP contribution is -2.37. The van der Waals surface area contributed by atoms with Crippen molar-refractivity contribution in [2.45, 2.75) is 39.5 Å². The SMILES string of the molecule is CN=C(NCCCn1nc(C)cc1C)NCc1cn(C)nc1C(F)(F)F.I. The molecule has 0 saturated heterocycles. The Morgan fingerprint density at radius 1 is 1.22 bits per heavy atom. The monoisotopic (exact) mass is 499 g/mol. The Morgan fingerprint density at radius 2 is 1.93 bits per heavy atom. The van der Waals surface area contributed by atoms with Gasteiger partial charge < -0.3 is 10.6 Å². The molecule has 0 aromatic carbocycles. The molecule has 2 aromatic heterocycles. The van der Waals surface area contributed by atoms with Crippen molar-refractivity contribution >= 4 is 29.9 Å². The Bertz CT molecular complexity index is 765. The van der Waals surface area contributed by atoms with Gasteiger partial charge in [-0.05, 0) is 26.3 Å². The van der Waals surface area contributed by atoms with Crippen LogP contribution in [-0.2, 0) is 26.3 Å². The van der Waals surface area contributed by atoms with E-state index in [1.54, 1.807) is 7.05 Å². The number of hydrogen-bond acceptors (Lipinski definition) is 3. The molecule has 0 spiro atoms. The fourth-order valence-electron chi connectivity index (χ4n) is 2.64. The molecule has 0 saturated carbocycles. The number of hydrogen-bond donors (Lipinski definition) is 2. The highest BCUT2D eigenvalue weighted by Gasteiger charge is 2.36. The highest BCUT2D eigenvalue weighted by atomic mass is 127. The smallest absolute Gasteiger partial charge is 0.356 e. The molecule has 0 fully saturated rings. The van der Waals surface area contributed by atoms with Crippen molar-refractivity contribution in [2.75, 3.05) is 13.6 Å². The molecule has 2 aromatic rings. The molecule has 0 aliphatic heterocycles. The van der Waals surface area contributed by atoms with Crippen molar-refractivity contribution in [1.29, 1.82) is 0 Å². The van der Waals surface area contributed by atoms with Gasteiger partial charge in [-0.3, -0.25) is 14.4 Å². The van der Waals surface area contributed by atoms with Crippen LogP contribution < -0.4 is 10.6 Å². The van der Waals surface area contributed by atoms with E-state index in [2.05, 4.69) is 25.8 Å². The molecule has 2 rings (SSSR count). The lowest BCUT2D eigenvalue weighted by atomic mass is 10.2. The Hall–Kier alpha value is -1.79. The molecule has 0 bridgehead atoms. The van der Waals surface area contributed by atoms with Crippen molar-refractivity contribution in [1.82, 2.24) is 30.2 Å². The van der Waals surface area contributed by atoms with E-state index < -0.39 is 11.9 Å². The number of aromatic nitrogens is 4. The topological polar surface area (TPSA) is 72.1 Å². The van der Waals surface area contributed by atoms with Gasteiger partial charge in [0.05, 0.1) is 5.69 Å². The maximum atomic E-state index is 13.0. The second kappa shape index (κ2) is 9.95. The summed E-state index contributed by atoms with van der Waals surface area (Å²) in [6.45, 7) is 5.31. The molecule has 11 heteroatoms. The molecule has 0 aliphatic rings. The standard InChI is InChI=1S/C16H24F3N7.HI/c1-11-8-12(2)26(23-11)7-5-6-21-15(20-3)22-9-13-10-25(4)24-14(13)16(17,18)19;/h8,10H,5-7,9H2,1-4H3,(H2,20,21,22);1H. The third-order valence-electron chi connectivity index (χ3n) is 3.79.